The molecule has 1 heterocycles. The summed E-state index contributed by atoms with van der Waals surface area (Å²) in [5, 5.41) is 33.3. The molecule has 8 nitrogen and oxygen atoms in total. The normalized spacial score (nSPS) is 16.9. The molecule has 0 aromatic heterocycles. The molecule has 1 aliphatic rings. The summed E-state index contributed by atoms with van der Waals surface area (Å²) < 4.78 is 0. The standard InChI is InChI=1S/C26H32N2O6/c1-2-3-12-23(29)19-8-5-10-21(16-19)27-22(11-6-13-24(27)30)17-20-9-4-7-18(14-15-25(31)32)26(20)28(33)34/h4-5,7-10,16,22-23,29H,2-3,6,11-15,17H2,1H3,(H,31,32)/p-1. The Balaban J connectivity index is 1.91. The molecule has 34 heavy (non-hydrogen) atoms. The zero-order chi connectivity index (χ0) is 24.7. The maximum absolute atomic E-state index is 13.0. The van der Waals surface area contributed by atoms with Crippen LogP contribution in [0.1, 0.15) is 74.7 Å². The van der Waals surface area contributed by atoms with Crippen LogP contribution in [-0.2, 0) is 22.4 Å². The van der Waals surface area contributed by atoms with E-state index >= 15 is 0 Å². The van der Waals surface area contributed by atoms with Crippen LogP contribution in [0.2, 0.25) is 0 Å². The van der Waals surface area contributed by atoms with Crippen molar-refractivity contribution >= 4 is 23.3 Å². The number of nitrogens with zero attached hydrogens (tertiary/aromatic N) is 2. The minimum absolute atomic E-state index is 0.0114. The third-order valence-electron chi connectivity index (χ3n) is 6.37. The molecule has 2 aromatic rings. The topological polar surface area (TPSA) is 124 Å². The number of nitro groups is 1. The number of unbranched alkanes of at least 4 members (excludes halogenated alkanes) is 1. The maximum Gasteiger partial charge on any atom is 0.275 e. The second kappa shape index (κ2) is 11.7. The molecule has 1 saturated heterocycles. The lowest BCUT2D eigenvalue weighted by molar-refractivity contribution is -0.386. The van der Waals surface area contributed by atoms with Gasteiger partial charge in [0, 0.05) is 41.7 Å². The van der Waals surface area contributed by atoms with Crippen molar-refractivity contribution in [3.63, 3.8) is 0 Å². The van der Waals surface area contributed by atoms with Crippen LogP contribution in [0.25, 0.3) is 0 Å². The highest BCUT2D eigenvalue weighted by molar-refractivity contribution is 5.94. The zero-order valence-electron chi connectivity index (χ0n) is 19.4. The molecule has 2 atom stereocenters. The summed E-state index contributed by atoms with van der Waals surface area (Å²) in [6.07, 6.45) is 3.67. The first-order valence-electron chi connectivity index (χ1n) is 11.9. The number of aliphatic carboxylic acids is 1. The van der Waals surface area contributed by atoms with Gasteiger partial charge in [-0.3, -0.25) is 14.9 Å². The van der Waals surface area contributed by atoms with Crippen molar-refractivity contribution in [1.29, 1.82) is 0 Å². The lowest BCUT2D eigenvalue weighted by Crippen LogP contribution is -2.45. The first kappa shape index (κ1) is 25.4. The van der Waals surface area contributed by atoms with Crippen molar-refractivity contribution in [2.45, 2.75) is 76.9 Å². The van der Waals surface area contributed by atoms with Gasteiger partial charge in [-0.25, -0.2) is 0 Å². The Morgan fingerprint density at radius 2 is 1.97 bits per heavy atom. The van der Waals surface area contributed by atoms with Crippen LogP contribution in [0.4, 0.5) is 11.4 Å². The summed E-state index contributed by atoms with van der Waals surface area (Å²) >= 11 is 0. The van der Waals surface area contributed by atoms with Crippen molar-refractivity contribution in [3.05, 3.63) is 69.3 Å². The number of aryl methyl sites for hydroxylation is 1. The summed E-state index contributed by atoms with van der Waals surface area (Å²) in [6, 6.07) is 12.0. The number of piperidine rings is 1. The quantitative estimate of drug-likeness (QED) is 0.398. The first-order chi connectivity index (χ1) is 16.3. The van der Waals surface area contributed by atoms with Gasteiger partial charge in [0.2, 0.25) is 5.91 Å². The van der Waals surface area contributed by atoms with Gasteiger partial charge >= 0.3 is 0 Å². The number of aliphatic hydroxyl groups excluding tert-OH is 1. The molecule has 1 amide bonds. The van der Waals surface area contributed by atoms with Gasteiger partial charge in [-0.2, -0.15) is 0 Å². The van der Waals surface area contributed by atoms with Gasteiger partial charge in [0.15, 0.2) is 0 Å². The number of para-hydroxylation sites is 1. The fourth-order valence-corrected chi connectivity index (χ4v) is 4.67. The van der Waals surface area contributed by atoms with Crippen LogP contribution in [0.3, 0.4) is 0 Å². The van der Waals surface area contributed by atoms with E-state index in [1.54, 1.807) is 23.1 Å². The van der Waals surface area contributed by atoms with E-state index in [-0.39, 0.29) is 36.9 Å². The molecule has 2 unspecified atom stereocenters. The lowest BCUT2D eigenvalue weighted by Gasteiger charge is -2.36. The minimum atomic E-state index is -1.26. The largest absolute Gasteiger partial charge is 0.550 e. The molecule has 0 aliphatic carbocycles. The van der Waals surface area contributed by atoms with E-state index in [1.165, 1.54) is 0 Å². The van der Waals surface area contributed by atoms with Gasteiger partial charge in [0.05, 0.1) is 11.0 Å². The van der Waals surface area contributed by atoms with Crippen LogP contribution in [0, 0.1) is 10.1 Å². The number of carbonyl (C=O) groups excluding carboxylic acids is 2. The summed E-state index contributed by atoms with van der Waals surface area (Å²) in [5.74, 6) is -1.31. The predicted molar refractivity (Wildman–Crippen MR) is 126 cm³/mol. The van der Waals surface area contributed by atoms with Gasteiger partial charge in [0.1, 0.15) is 0 Å². The van der Waals surface area contributed by atoms with Crippen LogP contribution >= 0.6 is 0 Å². The number of hydrogen-bond donors (Lipinski definition) is 1. The third-order valence-corrected chi connectivity index (χ3v) is 6.37. The van der Waals surface area contributed by atoms with E-state index < -0.39 is 17.0 Å². The maximum atomic E-state index is 13.0. The molecule has 0 radical (unpaired) electrons. The van der Waals surface area contributed by atoms with Gasteiger partial charge < -0.3 is 19.9 Å². The van der Waals surface area contributed by atoms with Crippen LogP contribution in [0.15, 0.2) is 42.5 Å². The molecule has 0 saturated carbocycles. The van der Waals surface area contributed by atoms with Crippen molar-refractivity contribution in [1.82, 2.24) is 0 Å². The van der Waals surface area contributed by atoms with Gasteiger partial charge in [-0.05, 0) is 49.8 Å². The summed E-state index contributed by atoms with van der Waals surface area (Å²) in [7, 11) is 0. The number of carbonyl (C=O) groups is 2. The number of aliphatic hydroxyl groups is 1. The van der Waals surface area contributed by atoms with E-state index in [9.17, 15) is 29.9 Å². The molecule has 182 valence electrons. The average Bonchev–Trinajstić information content (AvgIpc) is 2.81. The minimum Gasteiger partial charge on any atom is -0.550 e. The number of carboxylic acid groups (broad SMARTS) is 1. The fraction of sp³-hybridized carbons (Fsp3) is 0.462. The zero-order valence-corrected chi connectivity index (χ0v) is 19.4. The lowest BCUT2D eigenvalue weighted by atomic mass is 9.91. The molecule has 1 N–H and O–H groups in total. The van der Waals surface area contributed by atoms with Gasteiger partial charge in [-0.1, -0.05) is 50.1 Å². The Kier molecular flexibility index (Phi) is 8.76. The monoisotopic (exact) mass is 467 g/mol. The van der Waals surface area contributed by atoms with Crippen LogP contribution in [0.5, 0.6) is 0 Å². The van der Waals surface area contributed by atoms with E-state index in [2.05, 4.69) is 6.92 Å². The van der Waals surface area contributed by atoms with E-state index in [0.717, 1.165) is 18.4 Å². The summed E-state index contributed by atoms with van der Waals surface area (Å²) in [5.41, 5.74) is 2.16. The number of hydrogen-bond acceptors (Lipinski definition) is 6. The third kappa shape index (κ3) is 6.20. The van der Waals surface area contributed by atoms with Crippen molar-refractivity contribution in [2.75, 3.05) is 4.90 Å². The molecular formula is C26H31N2O6-. The van der Waals surface area contributed by atoms with Gasteiger partial charge in [0.25, 0.3) is 5.69 Å². The first-order valence-corrected chi connectivity index (χ1v) is 11.9. The second-order valence-corrected chi connectivity index (χ2v) is 8.82. The van der Waals surface area contributed by atoms with Crippen molar-refractivity contribution in [3.8, 4) is 0 Å². The predicted octanol–water partition coefficient (Wildman–Crippen LogP) is 3.63. The highest BCUT2D eigenvalue weighted by Crippen LogP contribution is 2.33. The second-order valence-electron chi connectivity index (χ2n) is 8.82. The number of carboxylic acids is 1. The molecule has 0 spiro atoms. The Morgan fingerprint density at radius 3 is 2.68 bits per heavy atom. The number of rotatable bonds is 11. The van der Waals surface area contributed by atoms with Crippen molar-refractivity contribution < 1.29 is 24.7 Å². The number of nitro benzene ring substituents is 1. The molecule has 3 rings (SSSR count). The van der Waals surface area contributed by atoms with Crippen LogP contribution < -0.4 is 10.0 Å². The SMILES string of the molecule is CCCCC(O)c1cccc(N2C(=O)CCCC2Cc2cccc(CCC(=O)[O-])c2[N+](=O)[O-])c1. The smallest absolute Gasteiger partial charge is 0.275 e. The highest BCUT2D eigenvalue weighted by Gasteiger charge is 2.32. The van der Waals surface area contributed by atoms with Gasteiger partial charge in [-0.15, -0.1) is 0 Å². The Bertz CT molecular complexity index is 1040. The molecule has 1 fully saturated rings. The fourth-order valence-electron chi connectivity index (χ4n) is 4.67. The Hall–Kier alpha value is -3.26. The van der Waals surface area contributed by atoms with E-state index in [1.807, 2.05) is 24.3 Å². The van der Waals surface area contributed by atoms with E-state index in [4.69, 9.17) is 0 Å². The number of amides is 1. The Morgan fingerprint density at radius 1 is 1.24 bits per heavy atom. The van der Waals surface area contributed by atoms with Crippen LogP contribution in [-0.4, -0.2) is 27.9 Å². The molecular weight excluding hydrogens is 436 g/mol. The molecule has 8 heteroatoms. The van der Waals surface area contributed by atoms with E-state index in [0.29, 0.717) is 42.5 Å². The summed E-state index contributed by atoms with van der Waals surface area (Å²) in [4.78, 5) is 37.0. The molecule has 2 aromatic carbocycles. The highest BCUT2D eigenvalue weighted by atomic mass is 16.6. The average molecular weight is 468 g/mol. The summed E-state index contributed by atoms with van der Waals surface area (Å²) in [6.45, 7) is 2.06. The number of anilines is 1. The Labute approximate surface area is 199 Å². The van der Waals surface area contributed by atoms with Crippen molar-refractivity contribution in [2.24, 2.45) is 0 Å². The molecule has 1 aliphatic heterocycles. The molecule has 0 bridgehead atoms. The number of benzene rings is 2.